The van der Waals surface area contributed by atoms with E-state index in [1.807, 2.05) is 13.8 Å². The molecular formula is C14H28O3. The van der Waals surface area contributed by atoms with Crippen molar-refractivity contribution in [3.63, 3.8) is 0 Å². The first-order chi connectivity index (χ1) is 8.30. The zero-order valence-corrected chi connectivity index (χ0v) is 11.6. The summed E-state index contributed by atoms with van der Waals surface area (Å²) in [5.74, 6) is 0.853. The van der Waals surface area contributed by atoms with Gasteiger partial charge in [-0.15, -0.1) is 0 Å². The van der Waals surface area contributed by atoms with Crippen LogP contribution in [0.1, 0.15) is 52.9 Å². The molecule has 2 atom stereocenters. The van der Waals surface area contributed by atoms with Gasteiger partial charge in [-0.25, -0.2) is 0 Å². The lowest BCUT2D eigenvalue weighted by molar-refractivity contribution is -0.179. The van der Waals surface area contributed by atoms with Gasteiger partial charge in [-0.05, 0) is 32.6 Å². The molecule has 2 unspecified atom stereocenters. The summed E-state index contributed by atoms with van der Waals surface area (Å²) in [6.45, 7) is 8.17. The summed E-state index contributed by atoms with van der Waals surface area (Å²) in [5.41, 5.74) is 0. The minimum Gasteiger partial charge on any atom is -0.373 e. The van der Waals surface area contributed by atoms with E-state index in [1.54, 1.807) is 0 Å². The Bertz CT molecular complexity index is 178. The third-order valence-corrected chi connectivity index (χ3v) is 3.49. The van der Waals surface area contributed by atoms with Crippen LogP contribution < -0.4 is 0 Å². The van der Waals surface area contributed by atoms with Gasteiger partial charge in [0.2, 0.25) is 0 Å². The van der Waals surface area contributed by atoms with Crippen molar-refractivity contribution in [3.05, 3.63) is 0 Å². The molecule has 0 aromatic carbocycles. The molecule has 3 nitrogen and oxygen atoms in total. The van der Waals surface area contributed by atoms with Crippen molar-refractivity contribution in [1.29, 1.82) is 0 Å². The molecule has 0 N–H and O–H groups in total. The van der Waals surface area contributed by atoms with Gasteiger partial charge in [0.15, 0.2) is 6.29 Å². The molecule has 0 heterocycles. The maximum atomic E-state index is 5.93. The van der Waals surface area contributed by atoms with Crippen molar-refractivity contribution in [2.75, 3.05) is 19.8 Å². The monoisotopic (exact) mass is 244 g/mol. The van der Waals surface area contributed by atoms with E-state index in [-0.39, 0.29) is 6.29 Å². The van der Waals surface area contributed by atoms with Crippen LogP contribution in [0.5, 0.6) is 0 Å². The van der Waals surface area contributed by atoms with Crippen LogP contribution in [-0.4, -0.2) is 32.2 Å². The summed E-state index contributed by atoms with van der Waals surface area (Å²) in [7, 11) is 0. The number of rotatable bonds is 8. The zero-order valence-electron chi connectivity index (χ0n) is 11.6. The first kappa shape index (κ1) is 14.9. The predicted octanol–water partition coefficient (Wildman–Crippen LogP) is 3.37. The Hall–Kier alpha value is -0.120. The molecule has 0 bridgehead atoms. The van der Waals surface area contributed by atoms with E-state index in [0.29, 0.717) is 25.9 Å². The average Bonchev–Trinajstić information content (AvgIpc) is 2.37. The molecule has 0 amide bonds. The van der Waals surface area contributed by atoms with Crippen LogP contribution in [0.2, 0.25) is 0 Å². The van der Waals surface area contributed by atoms with Gasteiger partial charge in [0.05, 0.1) is 12.7 Å². The van der Waals surface area contributed by atoms with Crippen LogP contribution in [0.15, 0.2) is 0 Å². The van der Waals surface area contributed by atoms with Crippen molar-refractivity contribution in [1.82, 2.24) is 0 Å². The molecule has 0 spiro atoms. The first-order valence-corrected chi connectivity index (χ1v) is 7.14. The molecule has 0 saturated heterocycles. The number of hydrogen-bond donors (Lipinski definition) is 0. The van der Waals surface area contributed by atoms with Crippen molar-refractivity contribution in [2.45, 2.75) is 65.3 Å². The summed E-state index contributed by atoms with van der Waals surface area (Å²) < 4.78 is 16.9. The van der Waals surface area contributed by atoms with Crippen LogP contribution in [0.25, 0.3) is 0 Å². The Morgan fingerprint density at radius 3 is 2.35 bits per heavy atom. The lowest BCUT2D eigenvalue weighted by atomic mass is 9.85. The summed E-state index contributed by atoms with van der Waals surface area (Å²) in [4.78, 5) is 0. The van der Waals surface area contributed by atoms with E-state index in [4.69, 9.17) is 14.2 Å². The maximum absolute atomic E-state index is 5.93. The van der Waals surface area contributed by atoms with Gasteiger partial charge >= 0.3 is 0 Å². The maximum Gasteiger partial charge on any atom is 0.180 e. The minimum absolute atomic E-state index is 0.188. The van der Waals surface area contributed by atoms with Gasteiger partial charge in [-0.1, -0.05) is 26.2 Å². The molecule has 0 aromatic heterocycles. The fraction of sp³-hybridized carbons (Fsp3) is 1.00. The second-order valence-electron chi connectivity index (χ2n) is 4.74. The van der Waals surface area contributed by atoms with Gasteiger partial charge < -0.3 is 14.2 Å². The number of ether oxygens (including phenoxy) is 3. The molecule has 1 rings (SSSR count). The van der Waals surface area contributed by atoms with Gasteiger partial charge in [0.25, 0.3) is 0 Å². The molecule has 102 valence electrons. The quantitative estimate of drug-likeness (QED) is 0.613. The molecule has 17 heavy (non-hydrogen) atoms. The highest BCUT2D eigenvalue weighted by molar-refractivity contribution is 4.72. The van der Waals surface area contributed by atoms with Crippen molar-refractivity contribution >= 4 is 0 Å². The first-order valence-electron chi connectivity index (χ1n) is 7.14. The van der Waals surface area contributed by atoms with Gasteiger partial charge in [-0.2, -0.15) is 0 Å². The molecule has 3 heteroatoms. The smallest absolute Gasteiger partial charge is 0.180 e. The van der Waals surface area contributed by atoms with Gasteiger partial charge in [0.1, 0.15) is 0 Å². The summed E-state index contributed by atoms with van der Waals surface area (Å²) >= 11 is 0. The van der Waals surface area contributed by atoms with E-state index in [1.165, 1.54) is 32.1 Å². The Morgan fingerprint density at radius 2 is 1.76 bits per heavy atom. The Kier molecular flexibility index (Phi) is 7.82. The van der Waals surface area contributed by atoms with Crippen LogP contribution in [0.3, 0.4) is 0 Å². The van der Waals surface area contributed by atoms with E-state index >= 15 is 0 Å². The van der Waals surface area contributed by atoms with Crippen molar-refractivity contribution < 1.29 is 14.2 Å². The Balaban J connectivity index is 2.22. The van der Waals surface area contributed by atoms with Crippen molar-refractivity contribution in [3.8, 4) is 0 Å². The SMILES string of the molecule is CCOC(COC1CCCC(CC)C1)OCC. The summed E-state index contributed by atoms with van der Waals surface area (Å²) in [6.07, 6.45) is 6.58. The lowest BCUT2D eigenvalue weighted by Crippen LogP contribution is -2.29. The standard InChI is InChI=1S/C14H28O3/c1-4-12-8-7-9-13(10-12)17-11-14(15-5-2)16-6-3/h12-14H,4-11H2,1-3H3. The molecule has 1 aliphatic carbocycles. The number of hydrogen-bond acceptors (Lipinski definition) is 3. The van der Waals surface area contributed by atoms with Crippen molar-refractivity contribution in [2.24, 2.45) is 5.92 Å². The highest BCUT2D eigenvalue weighted by atomic mass is 16.7. The fourth-order valence-corrected chi connectivity index (χ4v) is 2.49. The summed E-state index contributed by atoms with van der Waals surface area (Å²) in [6, 6.07) is 0. The Labute approximate surface area is 106 Å². The van der Waals surface area contributed by atoms with E-state index < -0.39 is 0 Å². The van der Waals surface area contributed by atoms with E-state index in [0.717, 1.165) is 5.92 Å². The molecule has 1 saturated carbocycles. The normalized spacial score (nSPS) is 25.4. The van der Waals surface area contributed by atoms with E-state index in [9.17, 15) is 0 Å². The third kappa shape index (κ3) is 5.84. The lowest BCUT2D eigenvalue weighted by Gasteiger charge is -2.29. The van der Waals surface area contributed by atoms with Gasteiger partial charge in [-0.3, -0.25) is 0 Å². The summed E-state index contributed by atoms with van der Waals surface area (Å²) in [5, 5.41) is 0. The highest BCUT2D eigenvalue weighted by Crippen LogP contribution is 2.28. The minimum atomic E-state index is -0.188. The average molecular weight is 244 g/mol. The second-order valence-corrected chi connectivity index (χ2v) is 4.74. The van der Waals surface area contributed by atoms with Crippen LogP contribution >= 0.6 is 0 Å². The van der Waals surface area contributed by atoms with Crippen LogP contribution in [0.4, 0.5) is 0 Å². The topological polar surface area (TPSA) is 27.7 Å². The second kappa shape index (κ2) is 8.90. The van der Waals surface area contributed by atoms with Crippen LogP contribution in [0, 0.1) is 5.92 Å². The zero-order chi connectivity index (χ0) is 12.5. The molecule has 0 aromatic rings. The predicted molar refractivity (Wildman–Crippen MR) is 69.0 cm³/mol. The largest absolute Gasteiger partial charge is 0.373 e. The molecule has 0 radical (unpaired) electrons. The fourth-order valence-electron chi connectivity index (χ4n) is 2.49. The molecule has 0 aliphatic heterocycles. The highest BCUT2D eigenvalue weighted by Gasteiger charge is 2.22. The van der Waals surface area contributed by atoms with Crippen LogP contribution in [-0.2, 0) is 14.2 Å². The molecule has 1 aliphatic rings. The van der Waals surface area contributed by atoms with Gasteiger partial charge in [0, 0.05) is 13.2 Å². The molecular weight excluding hydrogens is 216 g/mol. The Morgan fingerprint density at radius 1 is 1.06 bits per heavy atom. The molecule has 1 fully saturated rings. The third-order valence-electron chi connectivity index (χ3n) is 3.49. The van der Waals surface area contributed by atoms with E-state index in [2.05, 4.69) is 6.92 Å².